The molecule has 0 spiro atoms. The molecule has 0 aliphatic rings. The highest BCUT2D eigenvalue weighted by Gasteiger charge is 2.29. The highest BCUT2D eigenvalue weighted by atomic mass is 35.5. The van der Waals surface area contributed by atoms with Crippen molar-refractivity contribution in [2.45, 2.75) is 26.4 Å². The van der Waals surface area contributed by atoms with Gasteiger partial charge < -0.3 is 10.2 Å². The number of nitrogens with one attached hydrogen (secondary N) is 1. The molecule has 0 aliphatic carbocycles. The molecule has 0 saturated heterocycles. The number of carbonyl (C=O) groups is 2. The van der Waals surface area contributed by atoms with Crippen LogP contribution in [0.15, 0.2) is 48.5 Å². The summed E-state index contributed by atoms with van der Waals surface area (Å²) in [6, 6.07) is 10.8. The molecule has 0 radical (unpaired) electrons. The van der Waals surface area contributed by atoms with Gasteiger partial charge in [-0.3, -0.25) is 13.9 Å². The highest BCUT2D eigenvalue weighted by Crippen LogP contribution is 2.22. The zero-order chi connectivity index (χ0) is 23.2. The van der Waals surface area contributed by atoms with Crippen molar-refractivity contribution in [2.75, 3.05) is 23.7 Å². The molecular weight excluding hydrogens is 445 g/mol. The SMILES string of the molecule is CCNC(=O)[C@H](C)N(Cc1ccc(F)cc1)C(=O)CN(c1cccc(Cl)c1)S(C)(=O)=O. The van der Waals surface area contributed by atoms with Crippen molar-refractivity contribution >= 4 is 39.1 Å². The van der Waals surface area contributed by atoms with E-state index in [0.29, 0.717) is 17.1 Å². The number of amides is 2. The average Bonchev–Trinajstić information content (AvgIpc) is 2.70. The van der Waals surface area contributed by atoms with E-state index in [1.54, 1.807) is 26.0 Å². The number of anilines is 1. The summed E-state index contributed by atoms with van der Waals surface area (Å²) in [4.78, 5) is 26.9. The molecule has 1 N–H and O–H groups in total. The van der Waals surface area contributed by atoms with E-state index in [1.807, 2.05) is 0 Å². The van der Waals surface area contributed by atoms with Crippen LogP contribution >= 0.6 is 11.6 Å². The van der Waals surface area contributed by atoms with E-state index < -0.39 is 34.3 Å². The number of carbonyl (C=O) groups excluding carboxylic acids is 2. The second-order valence-electron chi connectivity index (χ2n) is 6.97. The lowest BCUT2D eigenvalue weighted by atomic mass is 10.1. The van der Waals surface area contributed by atoms with Crippen LogP contribution in [-0.2, 0) is 26.2 Å². The van der Waals surface area contributed by atoms with Gasteiger partial charge in [0.25, 0.3) is 0 Å². The van der Waals surface area contributed by atoms with Gasteiger partial charge >= 0.3 is 0 Å². The summed E-state index contributed by atoms with van der Waals surface area (Å²) in [5, 5.41) is 2.97. The summed E-state index contributed by atoms with van der Waals surface area (Å²) < 4.78 is 39.0. The first kappa shape index (κ1) is 24.6. The molecule has 0 saturated carbocycles. The lowest BCUT2D eigenvalue weighted by molar-refractivity contribution is -0.139. The Morgan fingerprint density at radius 1 is 1.16 bits per heavy atom. The van der Waals surface area contributed by atoms with Crippen LogP contribution in [0.25, 0.3) is 0 Å². The molecule has 0 fully saturated rings. The number of rotatable bonds is 9. The third-order valence-electron chi connectivity index (χ3n) is 4.56. The maximum absolute atomic E-state index is 13.3. The molecule has 7 nitrogen and oxygen atoms in total. The van der Waals surface area contributed by atoms with E-state index in [1.165, 1.54) is 41.3 Å². The van der Waals surface area contributed by atoms with Gasteiger partial charge in [0, 0.05) is 18.1 Å². The van der Waals surface area contributed by atoms with Crippen molar-refractivity contribution in [1.29, 1.82) is 0 Å². The van der Waals surface area contributed by atoms with Gasteiger partial charge in [-0.2, -0.15) is 0 Å². The van der Waals surface area contributed by atoms with E-state index in [4.69, 9.17) is 11.6 Å². The van der Waals surface area contributed by atoms with Gasteiger partial charge in [0.1, 0.15) is 18.4 Å². The topological polar surface area (TPSA) is 86.8 Å². The second kappa shape index (κ2) is 10.6. The fourth-order valence-corrected chi connectivity index (χ4v) is 3.96. The Balaban J connectivity index is 2.37. The van der Waals surface area contributed by atoms with Crippen LogP contribution in [0.4, 0.5) is 10.1 Å². The Bertz CT molecular complexity index is 1030. The number of halogens is 2. The predicted molar refractivity (Wildman–Crippen MR) is 119 cm³/mol. The van der Waals surface area contributed by atoms with Gasteiger partial charge in [-0.1, -0.05) is 29.8 Å². The number of sulfonamides is 1. The predicted octanol–water partition coefficient (Wildman–Crippen LogP) is 2.80. The zero-order valence-electron chi connectivity index (χ0n) is 17.5. The lowest BCUT2D eigenvalue weighted by Crippen LogP contribution is -2.51. The maximum atomic E-state index is 13.3. The quantitative estimate of drug-likeness (QED) is 0.611. The van der Waals surface area contributed by atoms with Crippen molar-refractivity contribution in [3.8, 4) is 0 Å². The Morgan fingerprint density at radius 3 is 2.35 bits per heavy atom. The normalized spacial score (nSPS) is 12.2. The number of benzene rings is 2. The van der Waals surface area contributed by atoms with Crippen molar-refractivity contribution in [3.63, 3.8) is 0 Å². The van der Waals surface area contributed by atoms with Gasteiger partial charge in [-0.05, 0) is 49.7 Å². The third kappa shape index (κ3) is 6.93. The molecule has 2 rings (SSSR count). The number of nitrogens with zero attached hydrogens (tertiary/aromatic N) is 2. The van der Waals surface area contributed by atoms with Crippen molar-refractivity contribution < 1.29 is 22.4 Å². The zero-order valence-corrected chi connectivity index (χ0v) is 19.1. The first-order valence-electron chi connectivity index (χ1n) is 9.57. The Labute approximate surface area is 186 Å². The summed E-state index contributed by atoms with van der Waals surface area (Å²) in [7, 11) is -3.82. The summed E-state index contributed by atoms with van der Waals surface area (Å²) >= 11 is 5.98. The van der Waals surface area contributed by atoms with Crippen LogP contribution in [0, 0.1) is 5.82 Å². The molecule has 0 heterocycles. The van der Waals surface area contributed by atoms with Crippen LogP contribution in [0.2, 0.25) is 5.02 Å². The van der Waals surface area contributed by atoms with Crippen LogP contribution in [0.1, 0.15) is 19.4 Å². The van der Waals surface area contributed by atoms with Gasteiger partial charge in [-0.15, -0.1) is 0 Å². The van der Waals surface area contributed by atoms with E-state index >= 15 is 0 Å². The van der Waals surface area contributed by atoms with Crippen LogP contribution in [0.5, 0.6) is 0 Å². The fraction of sp³-hybridized carbons (Fsp3) is 0.333. The maximum Gasteiger partial charge on any atom is 0.244 e. The first-order valence-corrected chi connectivity index (χ1v) is 11.8. The molecule has 0 aliphatic heterocycles. The molecule has 2 amide bonds. The minimum Gasteiger partial charge on any atom is -0.355 e. The van der Waals surface area contributed by atoms with Crippen molar-refractivity contribution in [2.24, 2.45) is 0 Å². The van der Waals surface area contributed by atoms with Crippen LogP contribution in [0.3, 0.4) is 0 Å². The Hall–Kier alpha value is -2.65. The molecule has 10 heteroatoms. The Morgan fingerprint density at radius 2 is 1.81 bits per heavy atom. The third-order valence-corrected chi connectivity index (χ3v) is 5.94. The van der Waals surface area contributed by atoms with Gasteiger partial charge in [0.2, 0.25) is 21.8 Å². The molecule has 2 aromatic carbocycles. The Kier molecular flexibility index (Phi) is 8.41. The molecular formula is C21H25ClFN3O4S. The molecule has 1 atom stereocenters. The molecule has 0 aromatic heterocycles. The van der Waals surface area contributed by atoms with E-state index in [0.717, 1.165) is 10.6 Å². The minimum atomic E-state index is -3.82. The standard InChI is InChI=1S/C21H25ClFN3O4S/c1-4-24-21(28)15(2)25(13-16-8-10-18(23)11-9-16)20(27)14-26(31(3,29)30)19-7-5-6-17(22)12-19/h5-12,15H,4,13-14H2,1-3H3,(H,24,28)/t15-/m0/s1. The van der Waals surface area contributed by atoms with Crippen LogP contribution < -0.4 is 9.62 Å². The molecule has 168 valence electrons. The van der Waals surface area contributed by atoms with Gasteiger partial charge in [-0.25, -0.2) is 12.8 Å². The fourth-order valence-electron chi connectivity index (χ4n) is 2.94. The summed E-state index contributed by atoms with van der Waals surface area (Å²) in [6.07, 6.45) is 0.985. The largest absolute Gasteiger partial charge is 0.355 e. The van der Waals surface area contributed by atoms with E-state index in [2.05, 4.69) is 5.32 Å². The first-order chi connectivity index (χ1) is 14.5. The summed E-state index contributed by atoms with van der Waals surface area (Å²) in [5.41, 5.74) is 0.829. The van der Waals surface area contributed by atoms with Gasteiger partial charge in [0.15, 0.2) is 0 Å². The molecule has 0 unspecified atom stereocenters. The number of hydrogen-bond donors (Lipinski definition) is 1. The van der Waals surface area contributed by atoms with Crippen molar-refractivity contribution in [3.05, 3.63) is 64.9 Å². The molecule has 31 heavy (non-hydrogen) atoms. The van der Waals surface area contributed by atoms with Crippen molar-refractivity contribution in [1.82, 2.24) is 10.2 Å². The number of hydrogen-bond acceptors (Lipinski definition) is 4. The minimum absolute atomic E-state index is 0.00453. The van der Waals surface area contributed by atoms with Gasteiger partial charge in [0.05, 0.1) is 11.9 Å². The second-order valence-corrected chi connectivity index (χ2v) is 9.31. The van der Waals surface area contributed by atoms with E-state index in [9.17, 15) is 22.4 Å². The monoisotopic (exact) mass is 469 g/mol. The van der Waals surface area contributed by atoms with E-state index in [-0.39, 0.29) is 18.1 Å². The smallest absolute Gasteiger partial charge is 0.244 e. The summed E-state index contributed by atoms with van der Waals surface area (Å²) in [6.45, 7) is 3.16. The summed E-state index contributed by atoms with van der Waals surface area (Å²) in [5.74, 6) is -1.40. The molecule has 0 bridgehead atoms. The lowest BCUT2D eigenvalue weighted by Gasteiger charge is -2.31. The average molecular weight is 470 g/mol. The van der Waals surface area contributed by atoms with Crippen LogP contribution in [-0.4, -0.2) is 50.5 Å². The highest BCUT2D eigenvalue weighted by molar-refractivity contribution is 7.92. The molecule has 2 aromatic rings. The number of likely N-dealkylation sites (N-methyl/N-ethyl adjacent to an activating group) is 1.